The second-order valence-corrected chi connectivity index (χ2v) is 5.75. The lowest BCUT2D eigenvalue weighted by Crippen LogP contribution is -2.46. The van der Waals surface area contributed by atoms with Crippen molar-refractivity contribution in [3.05, 3.63) is 35.9 Å². The molecule has 1 unspecified atom stereocenters. The van der Waals surface area contributed by atoms with E-state index in [0.717, 1.165) is 45.7 Å². The average molecular weight is 276 g/mol. The normalized spacial score (nSPS) is 24.1. The molecular formula is C16H24N2O2. The van der Waals surface area contributed by atoms with Gasteiger partial charge in [-0.1, -0.05) is 30.3 Å². The van der Waals surface area contributed by atoms with E-state index in [0.29, 0.717) is 12.5 Å². The smallest absolute Gasteiger partial charge is 0.170 e. The highest BCUT2D eigenvalue weighted by Gasteiger charge is 2.39. The van der Waals surface area contributed by atoms with Gasteiger partial charge in [0.05, 0.1) is 13.2 Å². The van der Waals surface area contributed by atoms with Crippen LogP contribution in [-0.4, -0.2) is 50.1 Å². The maximum absolute atomic E-state index is 5.96. The molecule has 0 bridgehead atoms. The first-order chi connectivity index (χ1) is 9.81. The lowest BCUT2D eigenvalue weighted by atomic mass is 9.96. The summed E-state index contributed by atoms with van der Waals surface area (Å²) in [7, 11) is 0. The van der Waals surface area contributed by atoms with Crippen LogP contribution in [-0.2, 0) is 9.47 Å². The van der Waals surface area contributed by atoms with E-state index in [1.807, 2.05) is 0 Å². The third kappa shape index (κ3) is 3.04. The van der Waals surface area contributed by atoms with Crippen molar-refractivity contribution in [1.29, 1.82) is 0 Å². The van der Waals surface area contributed by atoms with Gasteiger partial charge in [-0.2, -0.15) is 0 Å². The van der Waals surface area contributed by atoms with Crippen LogP contribution in [0.4, 0.5) is 0 Å². The first-order valence-corrected chi connectivity index (χ1v) is 7.57. The fourth-order valence-corrected chi connectivity index (χ4v) is 3.21. The Morgan fingerprint density at radius 2 is 1.75 bits per heavy atom. The Balaban J connectivity index is 1.55. The standard InChI is InChI=1S/C16H24N2O2/c17-12-15(14-4-2-1-3-5-14)13-18-8-6-16(7-9-18)19-10-11-20-16/h1-5,15H,6-13,17H2. The second-order valence-electron chi connectivity index (χ2n) is 5.75. The van der Waals surface area contributed by atoms with Gasteiger partial charge in [-0.25, -0.2) is 0 Å². The van der Waals surface area contributed by atoms with Gasteiger partial charge in [-0.05, 0) is 5.56 Å². The lowest BCUT2D eigenvalue weighted by molar-refractivity contribution is -0.185. The molecule has 0 saturated carbocycles. The molecular weight excluding hydrogens is 252 g/mol. The Labute approximate surface area is 120 Å². The number of benzene rings is 1. The maximum atomic E-state index is 5.96. The van der Waals surface area contributed by atoms with Crippen molar-refractivity contribution < 1.29 is 9.47 Å². The zero-order valence-electron chi connectivity index (χ0n) is 12.0. The quantitative estimate of drug-likeness (QED) is 0.907. The third-order valence-electron chi connectivity index (χ3n) is 4.47. The molecule has 0 aromatic heterocycles. The number of piperidine rings is 1. The van der Waals surface area contributed by atoms with Crippen molar-refractivity contribution in [2.75, 3.05) is 39.4 Å². The van der Waals surface area contributed by atoms with Gasteiger partial charge in [0.15, 0.2) is 5.79 Å². The van der Waals surface area contributed by atoms with E-state index >= 15 is 0 Å². The molecule has 0 radical (unpaired) electrons. The molecule has 110 valence electrons. The second kappa shape index (κ2) is 6.22. The van der Waals surface area contributed by atoms with Crippen molar-refractivity contribution in [1.82, 2.24) is 4.90 Å². The summed E-state index contributed by atoms with van der Waals surface area (Å²) in [5, 5.41) is 0. The van der Waals surface area contributed by atoms with E-state index in [-0.39, 0.29) is 5.79 Å². The SMILES string of the molecule is NCC(CN1CCC2(CC1)OCCO2)c1ccccc1. The average Bonchev–Trinajstić information content (AvgIpc) is 2.96. The highest BCUT2D eigenvalue weighted by molar-refractivity contribution is 5.20. The van der Waals surface area contributed by atoms with Crippen LogP contribution in [0.1, 0.15) is 24.3 Å². The minimum atomic E-state index is -0.276. The predicted octanol–water partition coefficient (Wildman–Crippen LogP) is 1.57. The van der Waals surface area contributed by atoms with Crippen LogP contribution in [0.15, 0.2) is 30.3 Å². The minimum absolute atomic E-state index is 0.276. The molecule has 1 spiro atoms. The first-order valence-electron chi connectivity index (χ1n) is 7.57. The molecule has 0 aliphatic carbocycles. The Morgan fingerprint density at radius 3 is 2.35 bits per heavy atom. The fourth-order valence-electron chi connectivity index (χ4n) is 3.21. The zero-order chi connectivity index (χ0) is 13.8. The Morgan fingerprint density at radius 1 is 1.10 bits per heavy atom. The molecule has 1 aromatic carbocycles. The van der Waals surface area contributed by atoms with Gasteiger partial charge in [0, 0.05) is 44.9 Å². The van der Waals surface area contributed by atoms with Gasteiger partial charge >= 0.3 is 0 Å². The van der Waals surface area contributed by atoms with Crippen molar-refractivity contribution >= 4 is 0 Å². The van der Waals surface area contributed by atoms with Crippen molar-refractivity contribution in [2.45, 2.75) is 24.5 Å². The molecule has 2 aliphatic rings. The van der Waals surface area contributed by atoms with Crippen LogP contribution in [0.3, 0.4) is 0 Å². The predicted molar refractivity (Wildman–Crippen MR) is 78.5 cm³/mol. The molecule has 2 heterocycles. The molecule has 2 aliphatic heterocycles. The van der Waals surface area contributed by atoms with E-state index in [1.165, 1.54) is 5.56 Å². The molecule has 4 heteroatoms. The number of hydrogen-bond donors (Lipinski definition) is 1. The summed E-state index contributed by atoms with van der Waals surface area (Å²) < 4.78 is 11.5. The number of hydrogen-bond acceptors (Lipinski definition) is 4. The summed E-state index contributed by atoms with van der Waals surface area (Å²) in [4.78, 5) is 2.49. The van der Waals surface area contributed by atoms with Crippen molar-refractivity contribution in [3.63, 3.8) is 0 Å². The van der Waals surface area contributed by atoms with Gasteiger partial charge < -0.3 is 20.1 Å². The molecule has 3 rings (SSSR count). The minimum Gasteiger partial charge on any atom is -0.347 e. The Kier molecular flexibility index (Phi) is 4.36. The summed E-state index contributed by atoms with van der Waals surface area (Å²) in [5.74, 6) is 0.136. The van der Waals surface area contributed by atoms with Gasteiger partial charge in [0.2, 0.25) is 0 Å². The van der Waals surface area contributed by atoms with Gasteiger partial charge in [0.1, 0.15) is 0 Å². The van der Waals surface area contributed by atoms with E-state index in [4.69, 9.17) is 15.2 Å². The largest absolute Gasteiger partial charge is 0.347 e. The lowest BCUT2D eigenvalue weighted by Gasteiger charge is -2.38. The van der Waals surface area contributed by atoms with Crippen molar-refractivity contribution in [2.24, 2.45) is 5.73 Å². The molecule has 1 atom stereocenters. The summed E-state index contributed by atoms with van der Waals surface area (Å²) >= 11 is 0. The number of rotatable bonds is 4. The molecule has 2 N–H and O–H groups in total. The number of nitrogens with zero attached hydrogens (tertiary/aromatic N) is 1. The summed E-state index contributed by atoms with van der Waals surface area (Å²) in [6, 6.07) is 10.6. The van der Waals surface area contributed by atoms with E-state index in [1.54, 1.807) is 0 Å². The molecule has 2 fully saturated rings. The molecule has 0 amide bonds. The fraction of sp³-hybridized carbons (Fsp3) is 0.625. The van der Waals surface area contributed by atoms with Crippen molar-refractivity contribution in [3.8, 4) is 0 Å². The zero-order valence-corrected chi connectivity index (χ0v) is 12.0. The van der Waals surface area contributed by atoms with Crippen LogP contribution in [0, 0.1) is 0 Å². The van der Waals surface area contributed by atoms with Crippen LogP contribution in [0.25, 0.3) is 0 Å². The number of nitrogens with two attached hydrogens (primary N) is 1. The van der Waals surface area contributed by atoms with Crippen LogP contribution >= 0.6 is 0 Å². The van der Waals surface area contributed by atoms with Crippen LogP contribution in [0.5, 0.6) is 0 Å². The van der Waals surface area contributed by atoms with Gasteiger partial charge in [-0.3, -0.25) is 0 Å². The topological polar surface area (TPSA) is 47.7 Å². The van der Waals surface area contributed by atoms with E-state index in [9.17, 15) is 0 Å². The molecule has 20 heavy (non-hydrogen) atoms. The van der Waals surface area contributed by atoms with Crippen LogP contribution in [0.2, 0.25) is 0 Å². The summed E-state index contributed by atoms with van der Waals surface area (Å²) in [6.07, 6.45) is 1.94. The molecule has 4 nitrogen and oxygen atoms in total. The Hall–Kier alpha value is -0.940. The molecule has 2 saturated heterocycles. The van der Waals surface area contributed by atoms with Gasteiger partial charge in [-0.15, -0.1) is 0 Å². The van der Waals surface area contributed by atoms with Crippen LogP contribution < -0.4 is 5.73 Å². The first kappa shape index (κ1) is 14.0. The van der Waals surface area contributed by atoms with E-state index < -0.39 is 0 Å². The number of ether oxygens (including phenoxy) is 2. The maximum Gasteiger partial charge on any atom is 0.170 e. The van der Waals surface area contributed by atoms with E-state index in [2.05, 4.69) is 35.2 Å². The number of likely N-dealkylation sites (tertiary alicyclic amines) is 1. The highest BCUT2D eigenvalue weighted by Crippen LogP contribution is 2.32. The monoisotopic (exact) mass is 276 g/mol. The summed E-state index contributed by atoms with van der Waals surface area (Å²) in [5.41, 5.74) is 7.30. The Bertz CT molecular complexity index is 408. The van der Waals surface area contributed by atoms with Gasteiger partial charge in [0.25, 0.3) is 0 Å². The summed E-state index contributed by atoms with van der Waals surface area (Å²) in [6.45, 7) is 5.27. The molecule has 1 aromatic rings. The third-order valence-corrected chi connectivity index (χ3v) is 4.47. The highest BCUT2D eigenvalue weighted by atomic mass is 16.7.